The lowest BCUT2D eigenvalue weighted by Gasteiger charge is -2.31. The summed E-state index contributed by atoms with van der Waals surface area (Å²) in [7, 11) is 1.62. The Bertz CT molecular complexity index is 383. The maximum atomic E-state index is 10.2. The van der Waals surface area contributed by atoms with Gasteiger partial charge in [0.15, 0.2) is 0 Å². The van der Waals surface area contributed by atoms with Crippen LogP contribution >= 0.6 is 0 Å². The van der Waals surface area contributed by atoms with Gasteiger partial charge in [0.25, 0.3) is 0 Å². The molecule has 0 saturated carbocycles. The standard InChI is InChI=1S/C14H21NO3/c1-18-13-6-2-4-11(8-13)14(17)10-15-7-3-5-12(16)9-15/h2,4,6,8,12,14,16-17H,3,5,7,9-10H2,1H3. The lowest BCUT2D eigenvalue weighted by molar-refractivity contribution is 0.0391. The van der Waals surface area contributed by atoms with Gasteiger partial charge in [-0.25, -0.2) is 0 Å². The molecule has 0 aliphatic carbocycles. The molecule has 100 valence electrons. The van der Waals surface area contributed by atoms with Gasteiger partial charge in [0.1, 0.15) is 5.75 Å². The molecule has 1 aromatic carbocycles. The highest BCUT2D eigenvalue weighted by Crippen LogP contribution is 2.21. The molecule has 2 rings (SSSR count). The van der Waals surface area contributed by atoms with Gasteiger partial charge in [0.05, 0.1) is 19.3 Å². The van der Waals surface area contributed by atoms with Crippen molar-refractivity contribution in [1.29, 1.82) is 0 Å². The molecule has 1 fully saturated rings. The van der Waals surface area contributed by atoms with Crippen molar-refractivity contribution in [2.75, 3.05) is 26.7 Å². The van der Waals surface area contributed by atoms with Gasteiger partial charge >= 0.3 is 0 Å². The average Bonchev–Trinajstić information content (AvgIpc) is 2.39. The van der Waals surface area contributed by atoms with Crippen molar-refractivity contribution in [1.82, 2.24) is 4.90 Å². The van der Waals surface area contributed by atoms with Crippen LogP contribution in [0.5, 0.6) is 5.75 Å². The highest BCUT2D eigenvalue weighted by molar-refractivity contribution is 5.29. The van der Waals surface area contributed by atoms with Crippen molar-refractivity contribution in [3.8, 4) is 5.75 Å². The van der Waals surface area contributed by atoms with E-state index in [1.165, 1.54) is 0 Å². The molecule has 2 unspecified atom stereocenters. The van der Waals surface area contributed by atoms with Crippen LogP contribution in [0.1, 0.15) is 24.5 Å². The number of benzene rings is 1. The molecule has 1 aliphatic heterocycles. The van der Waals surface area contributed by atoms with E-state index in [1.807, 2.05) is 24.3 Å². The summed E-state index contributed by atoms with van der Waals surface area (Å²) in [6.45, 7) is 2.16. The Morgan fingerprint density at radius 2 is 2.33 bits per heavy atom. The molecule has 0 amide bonds. The zero-order valence-corrected chi connectivity index (χ0v) is 10.7. The molecule has 1 heterocycles. The van der Waals surface area contributed by atoms with E-state index in [2.05, 4.69) is 4.90 Å². The fourth-order valence-corrected chi connectivity index (χ4v) is 2.40. The predicted octanol–water partition coefficient (Wildman–Crippen LogP) is 1.19. The second-order valence-corrected chi connectivity index (χ2v) is 4.85. The monoisotopic (exact) mass is 251 g/mol. The number of aliphatic hydroxyl groups is 2. The minimum absolute atomic E-state index is 0.253. The van der Waals surface area contributed by atoms with Crippen molar-refractivity contribution in [2.45, 2.75) is 25.0 Å². The number of piperidine rings is 1. The van der Waals surface area contributed by atoms with Crippen LogP contribution in [0.25, 0.3) is 0 Å². The molecule has 2 N–H and O–H groups in total. The van der Waals surface area contributed by atoms with Crippen molar-refractivity contribution in [2.24, 2.45) is 0 Å². The Balaban J connectivity index is 1.95. The van der Waals surface area contributed by atoms with E-state index in [0.29, 0.717) is 13.1 Å². The number of nitrogens with zero attached hydrogens (tertiary/aromatic N) is 1. The number of β-amino-alcohol motifs (C(OH)–C–C–N with tert-alkyl or cyclic N) is 2. The molecule has 0 aromatic heterocycles. The van der Waals surface area contributed by atoms with Gasteiger partial charge in [0.2, 0.25) is 0 Å². The fraction of sp³-hybridized carbons (Fsp3) is 0.571. The lowest BCUT2D eigenvalue weighted by atomic mass is 10.1. The number of rotatable bonds is 4. The van der Waals surface area contributed by atoms with Gasteiger partial charge < -0.3 is 14.9 Å². The quantitative estimate of drug-likeness (QED) is 0.844. The van der Waals surface area contributed by atoms with Gasteiger partial charge in [-0.1, -0.05) is 12.1 Å². The first-order valence-electron chi connectivity index (χ1n) is 6.41. The highest BCUT2D eigenvalue weighted by Gasteiger charge is 2.20. The number of methoxy groups -OCH3 is 1. The third-order valence-electron chi connectivity index (χ3n) is 3.39. The SMILES string of the molecule is COc1cccc(C(O)CN2CCCC(O)C2)c1. The number of ether oxygens (including phenoxy) is 1. The van der Waals surface area contributed by atoms with Gasteiger partial charge in [-0.3, -0.25) is 4.90 Å². The van der Waals surface area contributed by atoms with Crippen molar-refractivity contribution < 1.29 is 14.9 Å². The average molecular weight is 251 g/mol. The lowest BCUT2D eigenvalue weighted by Crippen LogP contribution is -2.40. The summed E-state index contributed by atoms with van der Waals surface area (Å²) in [5.41, 5.74) is 0.856. The van der Waals surface area contributed by atoms with E-state index in [4.69, 9.17) is 4.74 Å². The van der Waals surface area contributed by atoms with Gasteiger partial charge in [-0.2, -0.15) is 0 Å². The van der Waals surface area contributed by atoms with Gasteiger partial charge in [0, 0.05) is 13.1 Å². The van der Waals surface area contributed by atoms with Crippen LogP contribution in [-0.4, -0.2) is 48.0 Å². The first-order valence-corrected chi connectivity index (χ1v) is 6.41. The third kappa shape index (κ3) is 3.45. The van der Waals surface area contributed by atoms with Gasteiger partial charge in [-0.05, 0) is 37.1 Å². The zero-order valence-electron chi connectivity index (χ0n) is 10.7. The second kappa shape index (κ2) is 6.18. The summed E-state index contributed by atoms with van der Waals surface area (Å²) in [5.74, 6) is 0.755. The molecular weight excluding hydrogens is 230 g/mol. The molecule has 4 heteroatoms. The largest absolute Gasteiger partial charge is 0.497 e. The Labute approximate surface area is 108 Å². The zero-order chi connectivity index (χ0) is 13.0. The molecule has 18 heavy (non-hydrogen) atoms. The summed E-state index contributed by atoms with van der Waals surface area (Å²) >= 11 is 0. The van der Waals surface area contributed by atoms with Crippen LogP contribution in [0, 0.1) is 0 Å². The van der Waals surface area contributed by atoms with E-state index in [-0.39, 0.29) is 6.10 Å². The number of aliphatic hydroxyl groups excluding tert-OH is 2. The summed E-state index contributed by atoms with van der Waals surface area (Å²) < 4.78 is 5.15. The van der Waals surface area contributed by atoms with Gasteiger partial charge in [-0.15, -0.1) is 0 Å². The first kappa shape index (κ1) is 13.3. The molecule has 0 bridgehead atoms. The van der Waals surface area contributed by atoms with Crippen molar-refractivity contribution in [3.05, 3.63) is 29.8 Å². The summed E-state index contributed by atoms with van der Waals surface area (Å²) in [6, 6.07) is 7.49. The second-order valence-electron chi connectivity index (χ2n) is 4.85. The first-order chi connectivity index (χ1) is 8.69. The van der Waals surface area contributed by atoms with Crippen molar-refractivity contribution >= 4 is 0 Å². The Morgan fingerprint density at radius 1 is 1.50 bits per heavy atom. The third-order valence-corrected chi connectivity index (χ3v) is 3.39. The topological polar surface area (TPSA) is 52.9 Å². The van der Waals surface area contributed by atoms with E-state index in [1.54, 1.807) is 7.11 Å². The molecule has 0 spiro atoms. The van der Waals surface area contributed by atoms with Crippen LogP contribution in [0.2, 0.25) is 0 Å². The maximum absolute atomic E-state index is 10.2. The summed E-state index contributed by atoms with van der Waals surface area (Å²) in [4.78, 5) is 2.11. The highest BCUT2D eigenvalue weighted by atomic mass is 16.5. The molecule has 1 saturated heterocycles. The molecule has 0 radical (unpaired) electrons. The normalized spacial score (nSPS) is 22.7. The fourth-order valence-electron chi connectivity index (χ4n) is 2.40. The number of hydrogen-bond acceptors (Lipinski definition) is 4. The van der Waals surface area contributed by atoms with E-state index < -0.39 is 6.10 Å². The van der Waals surface area contributed by atoms with Crippen LogP contribution in [-0.2, 0) is 0 Å². The van der Waals surface area contributed by atoms with E-state index >= 15 is 0 Å². The van der Waals surface area contributed by atoms with Crippen LogP contribution in [0.4, 0.5) is 0 Å². The molecule has 4 nitrogen and oxygen atoms in total. The van der Waals surface area contributed by atoms with Crippen molar-refractivity contribution in [3.63, 3.8) is 0 Å². The molecule has 1 aromatic rings. The number of likely N-dealkylation sites (tertiary alicyclic amines) is 1. The van der Waals surface area contributed by atoms with Crippen LogP contribution < -0.4 is 4.74 Å². The smallest absolute Gasteiger partial charge is 0.119 e. The summed E-state index contributed by atoms with van der Waals surface area (Å²) in [5, 5.41) is 19.8. The predicted molar refractivity (Wildman–Crippen MR) is 69.6 cm³/mol. The van der Waals surface area contributed by atoms with E-state index in [9.17, 15) is 10.2 Å². The minimum Gasteiger partial charge on any atom is -0.497 e. The Hall–Kier alpha value is -1.10. The Kier molecular flexibility index (Phi) is 4.58. The molecule has 2 atom stereocenters. The maximum Gasteiger partial charge on any atom is 0.119 e. The summed E-state index contributed by atoms with van der Waals surface area (Å²) in [6.07, 6.45) is 1.07. The van der Waals surface area contributed by atoms with E-state index in [0.717, 1.165) is 30.7 Å². The minimum atomic E-state index is -0.537. The molecule has 1 aliphatic rings. The number of hydrogen-bond donors (Lipinski definition) is 2. The molecular formula is C14H21NO3. The van der Waals surface area contributed by atoms with Crippen LogP contribution in [0.15, 0.2) is 24.3 Å². The van der Waals surface area contributed by atoms with Crippen LogP contribution in [0.3, 0.4) is 0 Å². The Morgan fingerprint density at radius 3 is 3.06 bits per heavy atom.